The fraction of sp³-hybridized carbons (Fsp3) is 0.706. The SMILES string of the molecule is CCNC(=NCCS(=O)(=O)NCC1CCC1)NC(C)c1ccc(C)o1.I. The molecule has 26 heavy (non-hydrogen) atoms. The third kappa shape index (κ3) is 7.83. The molecule has 1 unspecified atom stereocenters. The highest BCUT2D eigenvalue weighted by atomic mass is 127. The molecular weight excluding hydrogens is 467 g/mol. The molecule has 2 rings (SSSR count). The fourth-order valence-electron chi connectivity index (χ4n) is 2.57. The Morgan fingerprint density at radius 3 is 2.65 bits per heavy atom. The van der Waals surface area contributed by atoms with E-state index in [2.05, 4.69) is 20.3 Å². The number of sulfonamides is 1. The van der Waals surface area contributed by atoms with Crippen LogP contribution < -0.4 is 15.4 Å². The third-order valence-electron chi connectivity index (χ3n) is 4.33. The van der Waals surface area contributed by atoms with Crippen LogP contribution in [0.15, 0.2) is 21.5 Å². The molecule has 1 aromatic rings. The zero-order chi connectivity index (χ0) is 18.3. The molecule has 0 radical (unpaired) electrons. The van der Waals surface area contributed by atoms with Gasteiger partial charge in [0.15, 0.2) is 5.96 Å². The minimum atomic E-state index is -3.27. The lowest BCUT2D eigenvalue weighted by molar-refractivity contribution is 0.316. The van der Waals surface area contributed by atoms with E-state index in [1.807, 2.05) is 32.9 Å². The van der Waals surface area contributed by atoms with Crippen molar-refractivity contribution in [2.24, 2.45) is 10.9 Å². The van der Waals surface area contributed by atoms with Crippen LogP contribution in [0.25, 0.3) is 0 Å². The first kappa shape index (κ1) is 23.2. The molecule has 0 aromatic carbocycles. The van der Waals surface area contributed by atoms with E-state index in [1.54, 1.807) is 0 Å². The molecule has 0 spiro atoms. The number of aryl methyl sites for hydroxylation is 1. The van der Waals surface area contributed by atoms with Gasteiger partial charge in [-0.2, -0.15) is 0 Å². The number of aliphatic imine (C=N–C) groups is 1. The molecule has 3 N–H and O–H groups in total. The summed E-state index contributed by atoms with van der Waals surface area (Å²) in [6.07, 6.45) is 3.46. The number of hydrogen-bond donors (Lipinski definition) is 3. The van der Waals surface area contributed by atoms with Crippen LogP contribution in [0, 0.1) is 12.8 Å². The molecule has 0 bridgehead atoms. The van der Waals surface area contributed by atoms with Crippen molar-refractivity contribution in [2.45, 2.75) is 46.1 Å². The van der Waals surface area contributed by atoms with Crippen LogP contribution in [0.3, 0.4) is 0 Å². The summed E-state index contributed by atoms with van der Waals surface area (Å²) >= 11 is 0. The van der Waals surface area contributed by atoms with Crippen LogP contribution in [-0.4, -0.2) is 39.8 Å². The van der Waals surface area contributed by atoms with Crippen LogP contribution in [0.5, 0.6) is 0 Å². The van der Waals surface area contributed by atoms with Crippen molar-refractivity contribution in [1.82, 2.24) is 15.4 Å². The Balaban J connectivity index is 0.00000338. The van der Waals surface area contributed by atoms with E-state index in [9.17, 15) is 8.42 Å². The van der Waals surface area contributed by atoms with Crippen molar-refractivity contribution in [2.75, 3.05) is 25.4 Å². The van der Waals surface area contributed by atoms with Gasteiger partial charge < -0.3 is 15.1 Å². The maximum atomic E-state index is 12.0. The lowest BCUT2D eigenvalue weighted by Crippen LogP contribution is -2.39. The van der Waals surface area contributed by atoms with Gasteiger partial charge in [-0.1, -0.05) is 6.42 Å². The molecule has 1 saturated carbocycles. The first-order valence-corrected chi connectivity index (χ1v) is 10.6. The number of halogens is 1. The molecule has 1 aliphatic carbocycles. The van der Waals surface area contributed by atoms with E-state index in [4.69, 9.17) is 4.42 Å². The largest absolute Gasteiger partial charge is 0.464 e. The van der Waals surface area contributed by atoms with Crippen molar-refractivity contribution in [3.8, 4) is 0 Å². The molecular formula is C17H31IN4O3S. The highest BCUT2D eigenvalue weighted by Gasteiger charge is 2.20. The molecule has 0 aliphatic heterocycles. The van der Waals surface area contributed by atoms with Gasteiger partial charge in [-0.25, -0.2) is 13.1 Å². The van der Waals surface area contributed by atoms with Crippen LogP contribution in [-0.2, 0) is 10.0 Å². The Bertz CT molecular complexity index is 671. The van der Waals surface area contributed by atoms with E-state index in [-0.39, 0.29) is 42.3 Å². The highest BCUT2D eigenvalue weighted by molar-refractivity contribution is 14.0. The third-order valence-corrected chi connectivity index (χ3v) is 5.66. The minimum Gasteiger partial charge on any atom is -0.464 e. The number of furan rings is 1. The zero-order valence-corrected chi connectivity index (χ0v) is 18.9. The van der Waals surface area contributed by atoms with E-state index >= 15 is 0 Å². The standard InChI is InChI=1S/C17H30N4O3S.HI/c1-4-18-17(21-14(3)16-9-8-13(2)24-16)19-10-11-25(22,23)20-12-15-6-5-7-15;/h8-9,14-15,20H,4-7,10-12H2,1-3H3,(H2,18,19,21);1H. The van der Waals surface area contributed by atoms with Gasteiger partial charge in [0.05, 0.1) is 18.3 Å². The molecule has 9 heteroatoms. The van der Waals surface area contributed by atoms with Gasteiger partial charge in [-0.05, 0) is 51.7 Å². The molecule has 7 nitrogen and oxygen atoms in total. The molecule has 0 amide bonds. The number of nitrogens with zero attached hydrogens (tertiary/aromatic N) is 1. The Morgan fingerprint density at radius 2 is 2.12 bits per heavy atom. The predicted molar refractivity (Wildman–Crippen MR) is 116 cm³/mol. The van der Waals surface area contributed by atoms with Gasteiger partial charge >= 0.3 is 0 Å². The lowest BCUT2D eigenvalue weighted by atomic mass is 9.86. The zero-order valence-electron chi connectivity index (χ0n) is 15.7. The quantitative estimate of drug-likeness (QED) is 0.276. The number of nitrogens with one attached hydrogen (secondary N) is 3. The van der Waals surface area contributed by atoms with Gasteiger partial charge in [0.1, 0.15) is 11.5 Å². The van der Waals surface area contributed by atoms with Gasteiger partial charge in [0.2, 0.25) is 10.0 Å². The second kappa shape index (κ2) is 11.1. The van der Waals surface area contributed by atoms with E-state index in [0.29, 0.717) is 25.0 Å². The number of hydrogen-bond acceptors (Lipinski definition) is 4. The summed E-state index contributed by atoms with van der Waals surface area (Å²) in [5.74, 6) is 2.75. The van der Waals surface area contributed by atoms with Crippen molar-refractivity contribution >= 4 is 40.0 Å². The molecule has 1 aliphatic rings. The molecule has 1 aromatic heterocycles. The summed E-state index contributed by atoms with van der Waals surface area (Å²) in [7, 11) is -3.27. The van der Waals surface area contributed by atoms with E-state index < -0.39 is 10.0 Å². The summed E-state index contributed by atoms with van der Waals surface area (Å²) in [4.78, 5) is 4.37. The fourth-order valence-corrected chi connectivity index (χ4v) is 3.54. The maximum absolute atomic E-state index is 12.0. The smallest absolute Gasteiger partial charge is 0.213 e. The van der Waals surface area contributed by atoms with Gasteiger partial charge in [0, 0.05) is 13.1 Å². The molecule has 1 atom stereocenters. The van der Waals surface area contributed by atoms with Crippen molar-refractivity contribution in [1.29, 1.82) is 0 Å². The Labute approximate surface area is 173 Å². The lowest BCUT2D eigenvalue weighted by Gasteiger charge is -2.25. The average molecular weight is 498 g/mol. The van der Waals surface area contributed by atoms with Crippen LogP contribution in [0.2, 0.25) is 0 Å². The molecule has 0 saturated heterocycles. The summed E-state index contributed by atoms with van der Waals surface area (Å²) in [5, 5.41) is 6.36. The second-order valence-corrected chi connectivity index (χ2v) is 8.47. The normalized spacial score (nSPS) is 16.5. The topological polar surface area (TPSA) is 95.7 Å². The predicted octanol–water partition coefficient (Wildman–Crippen LogP) is 2.54. The van der Waals surface area contributed by atoms with Gasteiger partial charge in [-0.15, -0.1) is 24.0 Å². The first-order chi connectivity index (χ1) is 11.9. The molecule has 1 heterocycles. The van der Waals surface area contributed by atoms with Crippen molar-refractivity contribution < 1.29 is 12.8 Å². The van der Waals surface area contributed by atoms with Gasteiger partial charge in [0.25, 0.3) is 0 Å². The van der Waals surface area contributed by atoms with Crippen LogP contribution >= 0.6 is 24.0 Å². The maximum Gasteiger partial charge on any atom is 0.213 e. The van der Waals surface area contributed by atoms with Crippen LogP contribution in [0.1, 0.15) is 50.7 Å². The second-order valence-electron chi connectivity index (χ2n) is 6.54. The van der Waals surface area contributed by atoms with Crippen molar-refractivity contribution in [3.05, 3.63) is 23.7 Å². The van der Waals surface area contributed by atoms with Gasteiger partial charge in [-0.3, -0.25) is 4.99 Å². The Morgan fingerprint density at radius 1 is 1.38 bits per heavy atom. The minimum absolute atomic E-state index is 0. The van der Waals surface area contributed by atoms with Crippen molar-refractivity contribution in [3.63, 3.8) is 0 Å². The molecule has 1 fully saturated rings. The summed E-state index contributed by atoms with van der Waals surface area (Å²) in [6.45, 7) is 7.30. The summed E-state index contributed by atoms with van der Waals surface area (Å²) in [5.41, 5.74) is 0. The summed E-state index contributed by atoms with van der Waals surface area (Å²) in [6, 6.07) is 3.78. The summed E-state index contributed by atoms with van der Waals surface area (Å²) < 4.78 is 32.3. The first-order valence-electron chi connectivity index (χ1n) is 8.98. The molecule has 150 valence electrons. The Hall–Kier alpha value is -0.810. The Kier molecular flexibility index (Phi) is 9.94. The van der Waals surface area contributed by atoms with Crippen LogP contribution in [0.4, 0.5) is 0 Å². The number of rotatable bonds is 9. The van der Waals surface area contributed by atoms with E-state index in [1.165, 1.54) is 6.42 Å². The number of guanidine groups is 1. The average Bonchev–Trinajstić information content (AvgIpc) is 2.92. The highest BCUT2D eigenvalue weighted by Crippen LogP contribution is 2.25. The monoisotopic (exact) mass is 498 g/mol. The van der Waals surface area contributed by atoms with E-state index in [0.717, 1.165) is 24.4 Å².